The minimum absolute atomic E-state index is 0.417. The third-order valence-corrected chi connectivity index (χ3v) is 3.46. The van der Waals surface area contributed by atoms with Crippen molar-refractivity contribution in [3.05, 3.63) is 35.7 Å². The number of anilines is 1. The van der Waals surface area contributed by atoms with Crippen LogP contribution in [0.15, 0.2) is 30.7 Å². The van der Waals surface area contributed by atoms with E-state index in [-0.39, 0.29) is 0 Å². The van der Waals surface area contributed by atoms with Crippen LogP contribution in [0.4, 0.5) is 5.82 Å². The highest BCUT2D eigenvalue weighted by atomic mass is 35.5. The number of rotatable bonds is 3. The lowest BCUT2D eigenvalue weighted by Crippen LogP contribution is -1.96. The number of imidazole rings is 1. The van der Waals surface area contributed by atoms with Crippen LogP contribution >= 0.6 is 11.6 Å². The number of nitrogen functional groups attached to an aromatic ring is 1. The molecule has 0 aliphatic heterocycles. The molecule has 2 aromatic heterocycles. The summed E-state index contributed by atoms with van der Waals surface area (Å²) in [7, 11) is 3.14. The van der Waals surface area contributed by atoms with Crippen LogP contribution in [0, 0.1) is 0 Å². The van der Waals surface area contributed by atoms with Gasteiger partial charge < -0.3 is 15.2 Å². The van der Waals surface area contributed by atoms with Gasteiger partial charge in [0, 0.05) is 11.6 Å². The van der Waals surface area contributed by atoms with Crippen LogP contribution in [0.25, 0.3) is 16.9 Å². The lowest BCUT2D eigenvalue weighted by molar-refractivity contribution is 0.355. The predicted molar refractivity (Wildman–Crippen MR) is 80.9 cm³/mol. The van der Waals surface area contributed by atoms with E-state index in [0.29, 0.717) is 28.0 Å². The quantitative estimate of drug-likeness (QED) is 0.805. The highest BCUT2D eigenvalue weighted by Crippen LogP contribution is 2.38. The van der Waals surface area contributed by atoms with Gasteiger partial charge in [0.2, 0.25) is 0 Å². The molecule has 3 aromatic rings. The fraction of sp³-hybridized carbons (Fsp3) is 0.143. The molecule has 108 valence electrons. The molecule has 0 aliphatic rings. The molecule has 0 saturated heterocycles. The van der Waals surface area contributed by atoms with E-state index in [1.54, 1.807) is 44.9 Å². The maximum absolute atomic E-state index is 6.35. The zero-order valence-electron chi connectivity index (χ0n) is 11.5. The summed E-state index contributed by atoms with van der Waals surface area (Å²) in [5, 5.41) is 0.522. The third kappa shape index (κ3) is 2.23. The number of nitrogens with two attached hydrogens (primary N) is 1. The Kier molecular flexibility index (Phi) is 3.31. The molecule has 2 N–H and O–H groups in total. The van der Waals surface area contributed by atoms with E-state index in [1.807, 2.05) is 4.40 Å². The van der Waals surface area contributed by atoms with Crippen molar-refractivity contribution in [2.24, 2.45) is 0 Å². The van der Waals surface area contributed by atoms with Crippen molar-refractivity contribution in [2.45, 2.75) is 0 Å². The first-order chi connectivity index (χ1) is 10.1. The maximum Gasteiger partial charge on any atom is 0.162 e. The van der Waals surface area contributed by atoms with E-state index in [9.17, 15) is 0 Å². The van der Waals surface area contributed by atoms with Gasteiger partial charge in [-0.1, -0.05) is 11.6 Å². The van der Waals surface area contributed by atoms with Gasteiger partial charge in [-0.15, -0.1) is 0 Å². The number of fused-ring (bicyclic) bond motifs is 1. The fourth-order valence-corrected chi connectivity index (χ4v) is 2.43. The van der Waals surface area contributed by atoms with Gasteiger partial charge in [-0.2, -0.15) is 0 Å². The molecule has 0 unspecified atom stereocenters. The van der Waals surface area contributed by atoms with Crippen LogP contribution in [0.3, 0.4) is 0 Å². The van der Waals surface area contributed by atoms with Crippen molar-refractivity contribution in [2.75, 3.05) is 20.0 Å². The Bertz CT molecular complexity index is 816. The number of methoxy groups -OCH3 is 2. The molecule has 0 fully saturated rings. The fourth-order valence-electron chi connectivity index (χ4n) is 2.18. The van der Waals surface area contributed by atoms with E-state index in [1.165, 1.54) is 0 Å². The number of hydrogen-bond donors (Lipinski definition) is 1. The van der Waals surface area contributed by atoms with Crippen molar-refractivity contribution in [3.63, 3.8) is 0 Å². The predicted octanol–water partition coefficient (Wildman–Crippen LogP) is 2.65. The molecule has 0 bridgehead atoms. The smallest absolute Gasteiger partial charge is 0.162 e. The topological polar surface area (TPSA) is 74.7 Å². The van der Waals surface area contributed by atoms with Gasteiger partial charge in [0.1, 0.15) is 5.82 Å². The first-order valence-electron chi connectivity index (χ1n) is 6.14. The molecule has 0 radical (unpaired) electrons. The summed E-state index contributed by atoms with van der Waals surface area (Å²) in [6, 6.07) is 3.50. The average molecular weight is 305 g/mol. The largest absolute Gasteiger partial charge is 0.493 e. The zero-order valence-corrected chi connectivity index (χ0v) is 12.3. The van der Waals surface area contributed by atoms with Gasteiger partial charge >= 0.3 is 0 Å². The first kappa shape index (κ1) is 13.5. The van der Waals surface area contributed by atoms with Crippen LogP contribution in [-0.2, 0) is 0 Å². The molecule has 0 atom stereocenters. The minimum Gasteiger partial charge on any atom is -0.493 e. The van der Waals surface area contributed by atoms with Gasteiger partial charge in [-0.3, -0.25) is 9.38 Å². The lowest BCUT2D eigenvalue weighted by atomic mass is 10.1. The number of benzene rings is 1. The van der Waals surface area contributed by atoms with Gasteiger partial charge in [0.05, 0.1) is 43.5 Å². The van der Waals surface area contributed by atoms with E-state index in [0.717, 1.165) is 11.3 Å². The third-order valence-electron chi connectivity index (χ3n) is 3.15. The summed E-state index contributed by atoms with van der Waals surface area (Å²) in [5.41, 5.74) is 7.91. The van der Waals surface area contributed by atoms with Crippen molar-refractivity contribution >= 4 is 23.1 Å². The lowest BCUT2D eigenvalue weighted by Gasteiger charge is -2.12. The van der Waals surface area contributed by atoms with E-state index in [2.05, 4.69) is 9.97 Å². The van der Waals surface area contributed by atoms with Crippen molar-refractivity contribution in [1.29, 1.82) is 0 Å². The van der Waals surface area contributed by atoms with Gasteiger partial charge in [0.15, 0.2) is 17.1 Å². The number of ether oxygens (including phenoxy) is 2. The number of halogens is 1. The summed E-state index contributed by atoms with van der Waals surface area (Å²) < 4.78 is 12.4. The normalized spacial score (nSPS) is 10.8. The van der Waals surface area contributed by atoms with Crippen molar-refractivity contribution in [3.8, 4) is 22.8 Å². The van der Waals surface area contributed by atoms with Crippen LogP contribution in [0.1, 0.15) is 0 Å². The second kappa shape index (κ2) is 5.14. The molecular weight excluding hydrogens is 292 g/mol. The standard InChI is InChI=1S/C14H13ClN4O2/c1-20-11-3-8(9(15)4-12(11)21-2)10-5-17-6-14-18-13(16)7-19(10)14/h3-7H,16H2,1-2H3. The van der Waals surface area contributed by atoms with Gasteiger partial charge in [-0.25, -0.2) is 4.98 Å². The Balaban J connectivity index is 2.27. The summed E-state index contributed by atoms with van der Waals surface area (Å²) in [4.78, 5) is 8.36. The molecule has 6 nitrogen and oxygen atoms in total. The molecule has 0 amide bonds. The molecular formula is C14H13ClN4O2. The SMILES string of the molecule is COc1cc(Cl)c(-c2cncc3nc(N)cn23)cc1OC. The van der Waals surface area contributed by atoms with Crippen molar-refractivity contribution in [1.82, 2.24) is 14.4 Å². The molecule has 3 rings (SSSR count). The summed E-state index contributed by atoms with van der Waals surface area (Å²) in [6.07, 6.45) is 5.05. The Morgan fingerprint density at radius 3 is 2.57 bits per heavy atom. The Labute approximate surface area is 126 Å². The molecule has 2 heterocycles. The monoisotopic (exact) mass is 304 g/mol. The van der Waals surface area contributed by atoms with Crippen LogP contribution < -0.4 is 15.2 Å². The number of hydrogen-bond acceptors (Lipinski definition) is 5. The molecule has 0 spiro atoms. The summed E-state index contributed by atoms with van der Waals surface area (Å²) >= 11 is 6.35. The van der Waals surface area contributed by atoms with E-state index < -0.39 is 0 Å². The second-order valence-electron chi connectivity index (χ2n) is 4.37. The maximum atomic E-state index is 6.35. The number of nitrogens with zero attached hydrogens (tertiary/aromatic N) is 3. The highest BCUT2D eigenvalue weighted by molar-refractivity contribution is 6.33. The zero-order chi connectivity index (χ0) is 15.0. The molecule has 0 aliphatic carbocycles. The summed E-state index contributed by atoms with van der Waals surface area (Å²) in [6.45, 7) is 0. The Morgan fingerprint density at radius 1 is 1.14 bits per heavy atom. The minimum atomic E-state index is 0.417. The molecule has 0 saturated carbocycles. The van der Waals surface area contributed by atoms with Crippen LogP contribution in [0.2, 0.25) is 5.02 Å². The van der Waals surface area contributed by atoms with Gasteiger partial charge in [-0.05, 0) is 6.07 Å². The Morgan fingerprint density at radius 2 is 1.86 bits per heavy atom. The van der Waals surface area contributed by atoms with Crippen LogP contribution in [-0.4, -0.2) is 28.6 Å². The number of aromatic nitrogens is 3. The van der Waals surface area contributed by atoms with Crippen molar-refractivity contribution < 1.29 is 9.47 Å². The highest BCUT2D eigenvalue weighted by Gasteiger charge is 2.14. The average Bonchev–Trinajstić information content (AvgIpc) is 2.87. The molecule has 7 heteroatoms. The van der Waals surface area contributed by atoms with Crippen LogP contribution in [0.5, 0.6) is 11.5 Å². The molecule has 1 aromatic carbocycles. The Hall–Kier alpha value is -2.47. The van der Waals surface area contributed by atoms with E-state index in [4.69, 9.17) is 26.8 Å². The second-order valence-corrected chi connectivity index (χ2v) is 4.78. The summed E-state index contributed by atoms with van der Waals surface area (Å²) in [5.74, 6) is 1.57. The van der Waals surface area contributed by atoms with Gasteiger partial charge in [0.25, 0.3) is 0 Å². The molecule has 21 heavy (non-hydrogen) atoms. The van der Waals surface area contributed by atoms with E-state index >= 15 is 0 Å². The first-order valence-corrected chi connectivity index (χ1v) is 6.52.